The molecule has 1 aliphatic rings. The van der Waals surface area contributed by atoms with E-state index < -0.39 is 23.6 Å². The zero-order chi connectivity index (χ0) is 18.0. The molecule has 5 nitrogen and oxygen atoms in total. The fourth-order valence-corrected chi connectivity index (χ4v) is 3.29. The maximum Gasteiger partial charge on any atom is 0.256 e. The number of hydrogen-bond acceptors (Lipinski definition) is 3. The molecule has 1 N–H and O–H groups in total. The van der Waals surface area contributed by atoms with Crippen LogP contribution in [0.2, 0.25) is 0 Å². The van der Waals surface area contributed by atoms with Crippen LogP contribution >= 0.6 is 0 Å². The minimum absolute atomic E-state index is 0.0712. The van der Waals surface area contributed by atoms with Gasteiger partial charge in [-0.1, -0.05) is 18.9 Å². The highest BCUT2D eigenvalue weighted by Crippen LogP contribution is 2.30. The monoisotopic (exact) mass is 344 g/mol. The van der Waals surface area contributed by atoms with Crippen LogP contribution in [0.25, 0.3) is 0 Å². The molecule has 1 aromatic carbocycles. The first-order valence-corrected chi connectivity index (χ1v) is 8.20. The van der Waals surface area contributed by atoms with Crippen molar-refractivity contribution >= 4 is 5.91 Å². The standard InChI is InChI=1S/C18H18F2N4O/c1-11-15(10-22-24(11)13-4-2-3-5-13)18(25)23-17(9-21)14-7-6-12(19)8-16(14)20/h6-8,10,13,17H,2-5H2,1H3,(H,23,25)/t17-/m1/s1. The molecule has 1 amide bonds. The van der Waals surface area contributed by atoms with Gasteiger partial charge in [0.25, 0.3) is 5.91 Å². The Hall–Kier alpha value is -2.75. The van der Waals surface area contributed by atoms with Gasteiger partial charge >= 0.3 is 0 Å². The van der Waals surface area contributed by atoms with Crippen LogP contribution in [0.1, 0.15) is 59.4 Å². The Bertz CT molecular complexity index is 834. The Morgan fingerprint density at radius 1 is 1.40 bits per heavy atom. The molecule has 0 saturated heterocycles. The maximum absolute atomic E-state index is 13.9. The molecule has 7 heteroatoms. The van der Waals surface area contributed by atoms with E-state index in [1.54, 1.807) is 6.92 Å². The van der Waals surface area contributed by atoms with E-state index in [4.69, 9.17) is 0 Å². The summed E-state index contributed by atoms with van der Waals surface area (Å²) in [5.41, 5.74) is 1.01. The van der Waals surface area contributed by atoms with Crippen LogP contribution in [0.4, 0.5) is 8.78 Å². The Kier molecular flexibility index (Phi) is 4.79. The molecule has 2 aromatic rings. The number of carbonyl (C=O) groups is 1. The molecule has 0 unspecified atom stereocenters. The van der Waals surface area contributed by atoms with Gasteiger partial charge in [-0.25, -0.2) is 8.78 Å². The van der Waals surface area contributed by atoms with Crippen molar-refractivity contribution in [2.45, 2.75) is 44.7 Å². The molecule has 25 heavy (non-hydrogen) atoms. The summed E-state index contributed by atoms with van der Waals surface area (Å²) in [6, 6.07) is 3.83. The van der Waals surface area contributed by atoms with E-state index in [0.717, 1.165) is 43.5 Å². The lowest BCUT2D eigenvalue weighted by Gasteiger charge is -2.14. The van der Waals surface area contributed by atoms with Gasteiger partial charge in [0.2, 0.25) is 0 Å². The van der Waals surface area contributed by atoms with Crippen molar-refractivity contribution in [3.05, 3.63) is 52.9 Å². The predicted octanol–water partition coefficient (Wildman–Crippen LogP) is 3.58. The quantitative estimate of drug-likeness (QED) is 0.921. The zero-order valence-electron chi connectivity index (χ0n) is 13.8. The summed E-state index contributed by atoms with van der Waals surface area (Å²) in [6.07, 6.45) is 5.83. The highest BCUT2D eigenvalue weighted by atomic mass is 19.1. The average molecular weight is 344 g/mol. The number of nitriles is 1. The number of rotatable bonds is 4. The first kappa shape index (κ1) is 17.1. The number of benzene rings is 1. The summed E-state index contributed by atoms with van der Waals surface area (Å²) in [4.78, 5) is 12.5. The maximum atomic E-state index is 13.9. The van der Waals surface area contributed by atoms with Crippen LogP contribution in [0.3, 0.4) is 0 Å². The third-order valence-corrected chi connectivity index (χ3v) is 4.64. The normalized spacial score (nSPS) is 15.8. The summed E-state index contributed by atoms with van der Waals surface area (Å²) < 4.78 is 28.7. The van der Waals surface area contributed by atoms with Crippen molar-refractivity contribution in [3.8, 4) is 6.07 Å². The van der Waals surface area contributed by atoms with Gasteiger partial charge in [-0.15, -0.1) is 0 Å². The Morgan fingerprint density at radius 3 is 2.76 bits per heavy atom. The Morgan fingerprint density at radius 2 is 2.12 bits per heavy atom. The molecule has 1 fully saturated rings. The van der Waals surface area contributed by atoms with Gasteiger partial charge < -0.3 is 5.32 Å². The van der Waals surface area contributed by atoms with Crippen molar-refractivity contribution in [2.75, 3.05) is 0 Å². The second-order valence-electron chi connectivity index (χ2n) is 6.23. The number of aromatic nitrogens is 2. The van der Waals surface area contributed by atoms with Gasteiger partial charge in [-0.3, -0.25) is 9.48 Å². The van der Waals surface area contributed by atoms with Crippen LogP contribution in [0, 0.1) is 29.9 Å². The number of nitrogens with one attached hydrogen (secondary N) is 1. The largest absolute Gasteiger partial charge is 0.332 e. The van der Waals surface area contributed by atoms with E-state index in [9.17, 15) is 18.8 Å². The van der Waals surface area contributed by atoms with Gasteiger partial charge in [0.1, 0.15) is 17.7 Å². The first-order chi connectivity index (χ1) is 12.0. The molecule has 1 aliphatic carbocycles. The minimum atomic E-state index is -1.21. The molecule has 130 valence electrons. The third-order valence-electron chi connectivity index (χ3n) is 4.64. The zero-order valence-corrected chi connectivity index (χ0v) is 13.8. The Labute approximate surface area is 144 Å². The molecular weight excluding hydrogens is 326 g/mol. The van der Waals surface area contributed by atoms with E-state index in [0.29, 0.717) is 17.7 Å². The summed E-state index contributed by atoms with van der Waals surface area (Å²) >= 11 is 0. The molecule has 0 aliphatic heterocycles. The fourth-order valence-electron chi connectivity index (χ4n) is 3.29. The molecule has 3 rings (SSSR count). The van der Waals surface area contributed by atoms with Crippen molar-refractivity contribution < 1.29 is 13.6 Å². The number of nitrogens with zero attached hydrogens (tertiary/aromatic N) is 3. The second kappa shape index (κ2) is 7.01. The smallest absolute Gasteiger partial charge is 0.256 e. The fraction of sp³-hybridized carbons (Fsp3) is 0.389. The van der Waals surface area contributed by atoms with Crippen molar-refractivity contribution in [3.63, 3.8) is 0 Å². The topological polar surface area (TPSA) is 70.7 Å². The van der Waals surface area contributed by atoms with E-state index in [1.165, 1.54) is 6.20 Å². The van der Waals surface area contributed by atoms with Gasteiger partial charge in [-0.2, -0.15) is 10.4 Å². The summed E-state index contributed by atoms with van der Waals surface area (Å²) in [5, 5.41) is 16.1. The molecule has 0 spiro atoms. The number of hydrogen-bond donors (Lipinski definition) is 1. The molecular formula is C18H18F2N4O. The summed E-state index contributed by atoms with van der Waals surface area (Å²) in [5.74, 6) is -2.11. The van der Waals surface area contributed by atoms with Crippen LogP contribution in [-0.4, -0.2) is 15.7 Å². The molecule has 0 radical (unpaired) electrons. The lowest BCUT2D eigenvalue weighted by molar-refractivity contribution is 0.0944. The predicted molar refractivity (Wildman–Crippen MR) is 86.6 cm³/mol. The number of carbonyl (C=O) groups excluding carboxylic acids is 1. The van der Waals surface area contributed by atoms with Crippen molar-refractivity contribution in [2.24, 2.45) is 0 Å². The highest BCUT2D eigenvalue weighted by molar-refractivity contribution is 5.95. The van der Waals surface area contributed by atoms with E-state index in [-0.39, 0.29) is 5.56 Å². The number of halogens is 2. The highest BCUT2D eigenvalue weighted by Gasteiger charge is 2.25. The second-order valence-corrected chi connectivity index (χ2v) is 6.23. The molecule has 1 heterocycles. The van der Waals surface area contributed by atoms with Crippen LogP contribution in [0.15, 0.2) is 24.4 Å². The summed E-state index contributed by atoms with van der Waals surface area (Å²) in [7, 11) is 0. The molecule has 1 atom stereocenters. The van der Waals surface area contributed by atoms with Crippen LogP contribution < -0.4 is 5.32 Å². The van der Waals surface area contributed by atoms with Gasteiger partial charge in [0.15, 0.2) is 0 Å². The molecule has 1 saturated carbocycles. The van der Waals surface area contributed by atoms with E-state index in [1.807, 2.05) is 10.8 Å². The van der Waals surface area contributed by atoms with Crippen molar-refractivity contribution in [1.82, 2.24) is 15.1 Å². The van der Waals surface area contributed by atoms with Gasteiger partial charge in [0, 0.05) is 17.3 Å². The molecule has 0 bridgehead atoms. The van der Waals surface area contributed by atoms with E-state index >= 15 is 0 Å². The third kappa shape index (κ3) is 3.38. The van der Waals surface area contributed by atoms with Crippen LogP contribution in [0.5, 0.6) is 0 Å². The van der Waals surface area contributed by atoms with Gasteiger partial charge in [0.05, 0.1) is 23.9 Å². The van der Waals surface area contributed by atoms with Crippen molar-refractivity contribution in [1.29, 1.82) is 5.26 Å². The number of amides is 1. The molecule has 1 aromatic heterocycles. The minimum Gasteiger partial charge on any atom is -0.332 e. The lowest BCUT2D eigenvalue weighted by Crippen LogP contribution is -2.28. The average Bonchev–Trinajstić information content (AvgIpc) is 3.22. The summed E-state index contributed by atoms with van der Waals surface area (Å²) in [6.45, 7) is 1.81. The van der Waals surface area contributed by atoms with E-state index in [2.05, 4.69) is 10.4 Å². The SMILES string of the molecule is Cc1c(C(=O)N[C@H](C#N)c2ccc(F)cc2F)cnn1C1CCCC1. The van der Waals surface area contributed by atoms with Gasteiger partial charge in [-0.05, 0) is 25.8 Å². The first-order valence-electron chi connectivity index (χ1n) is 8.20. The lowest BCUT2D eigenvalue weighted by atomic mass is 10.1. The van der Waals surface area contributed by atoms with Crippen LogP contribution in [-0.2, 0) is 0 Å². The Balaban J connectivity index is 1.80.